The van der Waals surface area contributed by atoms with Crippen molar-refractivity contribution in [1.82, 2.24) is 4.90 Å². The summed E-state index contributed by atoms with van der Waals surface area (Å²) in [5.74, 6) is -2.96. The van der Waals surface area contributed by atoms with Crippen LogP contribution in [0.5, 0.6) is 0 Å². The van der Waals surface area contributed by atoms with E-state index in [4.69, 9.17) is 5.11 Å². The summed E-state index contributed by atoms with van der Waals surface area (Å²) in [7, 11) is 0.470. The lowest BCUT2D eigenvalue weighted by atomic mass is 10.1. The van der Waals surface area contributed by atoms with Gasteiger partial charge in [-0.25, -0.2) is 4.90 Å². The van der Waals surface area contributed by atoms with Crippen molar-refractivity contribution >= 4 is 11.9 Å². The third-order valence-corrected chi connectivity index (χ3v) is 3.12. The van der Waals surface area contributed by atoms with E-state index in [0.29, 0.717) is 7.05 Å². The Morgan fingerprint density at radius 1 is 1.29 bits per heavy atom. The summed E-state index contributed by atoms with van der Waals surface area (Å²) in [5.41, 5.74) is -4.70. The summed E-state index contributed by atoms with van der Waals surface area (Å²) >= 11 is 0. The molecule has 21 heavy (non-hydrogen) atoms. The molecule has 122 valence electrons. The molecule has 1 fully saturated rings. The van der Waals surface area contributed by atoms with Gasteiger partial charge in [0.05, 0.1) is 0 Å². The van der Waals surface area contributed by atoms with Gasteiger partial charge in [0.25, 0.3) is 0 Å². The highest BCUT2D eigenvalue weighted by molar-refractivity contribution is 5.79. The van der Waals surface area contributed by atoms with Gasteiger partial charge in [0.1, 0.15) is 6.04 Å². The van der Waals surface area contributed by atoms with Gasteiger partial charge in [-0.1, -0.05) is 0 Å². The van der Waals surface area contributed by atoms with Crippen molar-refractivity contribution in [3.05, 3.63) is 0 Å². The summed E-state index contributed by atoms with van der Waals surface area (Å²) in [4.78, 5) is 21.4. The van der Waals surface area contributed by atoms with E-state index in [0.717, 1.165) is 0 Å². The Kier molecular flexibility index (Phi) is 4.47. The van der Waals surface area contributed by atoms with Gasteiger partial charge in [-0.05, 0) is 19.9 Å². The molecule has 1 saturated heterocycles. The molecule has 0 spiro atoms. The number of carboxylic acid groups (broad SMARTS) is 1. The monoisotopic (exact) mass is 323 g/mol. The number of hydrogen-bond donors (Lipinski definition) is 1. The molecule has 0 aromatic rings. The second-order valence-corrected chi connectivity index (χ2v) is 4.47. The number of esters is 1. The summed E-state index contributed by atoms with van der Waals surface area (Å²) in [6.07, 6.45) is -13.0. The number of carbonyl (C=O) groups is 2. The van der Waals surface area contributed by atoms with Crippen molar-refractivity contribution in [1.29, 1.82) is 0 Å². The van der Waals surface area contributed by atoms with Crippen molar-refractivity contribution < 1.29 is 45.8 Å². The van der Waals surface area contributed by atoms with Gasteiger partial charge >= 0.3 is 30.0 Å². The Balaban J connectivity index is 3.05. The average molecular weight is 323 g/mol. The lowest BCUT2D eigenvalue weighted by Gasteiger charge is -2.37. The molecule has 1 atom stereocenters. The summed E-state index contributed by atoms with van der Waals surface area (Å²) in [5, 5.41) is 8.39. The molecule has 0 unspecified atom stereocenters. The molecule has 1 aliphatic rings. The summed E-state index contributed by atoms with van der Waals surface area (Å²) < 4.78 is 80.6. The number of rotatable bonds is 4. The minimum absolute atomic E-state index is 0.239. The van der Waals surface area contributed by atoms with Crippen molar-refractivity contribution in [2.24, 2.45) is 0 Å². The zero-order chi connectivity index (χ0) is 16.6. The minimum Gasteiger partial charge on any atom is -0.481 e. The quantitative estimate of drug-likeness (QED) is 0.632. The highest BCUT2D eigenvalue weighted by atomic mass is 19.4. The fourth-order valence-electron chi connectivity index (χ4n) is 2.10. The highest BCUT2D eigenvalue weighted by Gasteiger charge is 2.80. The van der Waals surface area contributed by atoms with Gasteiger partial charge < -0.3 is 9.84 Å². The minimum atomic E-state index is -5.88. The molecule has 0 radical (unpaired) electrons. The molecule has 5 nitrogen and oxygen atoms in total. The number of ether oxygens (including phenoxy) is 1. The molecular formula is C10H11F6NO4. The molecule has 1 heterocycles. The number of nitrogens with zero attached hydrogens (tertiary/aromatic N) is 1. The third-order valence-electron chi connectivity index (χ3n) is 3.12. The van der Waals surface area contributed by atoms with Gasteiger partial charge in [-0.15, -0.1) is 0 Å². The first-order valence-electron chi connectivity index (χ1n) is 5.65. The van der Waals surface area contributed by atoms with Gasteiger partial charge in [0, 0.05) is 6.42 Å². The van der Waals surface area contributed by atoms with E-state index in [2.05, 4.69) is 4.74 Å². The van der Waals surface area contributed by atoms with Crippen LogP contribution in [-0.2, 0) is 14.3 Å². The number of aliphatic carboxylic acids is 1. The number of carboxylic acids is 1. The van der Waals surface area contributed by atoms with Crippen molar-refractivity contribution in [3.8, 4) is 0 Å². The maximum Gasteiger partial charge on any atom is 0.453 e. The molecule has 1 N–H and O–H groups in total. The molecule has 1 aliphatic heterocycles. The number of cyclic esters (lactones) is 1. The number of carbonyl (C=O) groups excluding carboxylic acids is 1. The molecule has 1 rings (SSSR count). The maximum absolute atomic E-state index is 12.8. The largest absolute Gasteiger partial charge is 0.481 e. The van der Waals surface area contributed by atoms with Crippen LogP contribution in [0.15, 0.2) is 0 Å². The molecule has 0 aromatic heterocycles. The molecule has 0 saturated carbocycles. The molecule has 0 amide bonds. The van der Waals surface area contributed by atoms with Crippen LogP contribution in [0.2, 0.25) is 0 Å². The van der Waals surface area contributed by atoms with Gasteiger partial charge in [-0.2, -0.15) is 26.3 Å². The zero-order valence-corrected chi connectivity index (χ0v) is 10.6. The molecular weight excluding hydrogens is 312 g/mol. The van der Waals surface area contributed by atoms with Crippen molar-refractivity contribution in [3.63, 3.8) is 0 Å². The van der Waals surface area contributed by atoms with Crippen LogP contribution < -0.4 is 0 Å². The van der Waals surface area contributed by atoms with Crippen molar-refractivity contribution in [2.75, 3.05) is 7.05 Å². The van der Waals surface area contributed by atoms with Gasteiger partial charge in [0.2, 0.25) is 0 Å². The van der Waals surface area contributed by atoms with Crippen LogP contribution in [0, 0.1) is 0 Å². The molecule has 0 bridgehead atoms. The number of halogens is 6. The van der Waals surface area contributed by atoms with Crippen LogP contribution in [0.25, 0.3) is 0 Å². The first kappa shape index (κ1) is 17.5. The Labute approximate surface area is 114 Å². The topological polar surface area (TPSA) is 66.8 Å². The highest BCUT2D eigenvalue weighted by Crippen LogP contribution is 2.51. The molecule has 11 heteroatoms. The summed E-state index contributed by atoms with van der Waals surface area (Å²) in [6.45, 7) is 0. The Morgan fingerprint density at radius 3 is 2.10 bits per heavy atom. The second kappa shape index (κ2) is 5.35. The Bertz CT molecular complexity index is 418. The van der Waals surface area contributed by atoms with E-state index in [1.165, 1.54) is 0 Å². The van der Waals surface area contributed by atoms with Crippen LogP contribution >= 0.6 is 0 Å². The van der Waals surface area contributed by atoms with E-state index in [1.807, 2.05) is 0 Å². The molecule has 0 aromatic carbocycles. The van der Waals surface area contributed by atoms with E-state index in [9.17, 15) is 35.9 Å². The van der Waals surface area contributed by atoms with Crippen LogP contribution in [0.4, 0.5) is 26.3 Å². The van der Waals surface area contributed by atoms with E-state index >= 15 is 0 Å². The molecule has 0 aliphatic carbocycles. The fourth-order valence-corrected chi connectivity index (χ4v) is 2.10. The van der Waals surface area contributed by atoms with Crippen LogP contribution in [-0.4, -0.2) is 53.1 Å². The zero-order valence-electron chi connectivity index (χ0n) is 10.6. The van der Waals surface area contributed by atoms with Crippen LogP contribution in [0.3, 0.4) is 0 Å². The Morgan fingerprint density at radius 2 is 1.76 bits per heavy atom. The van der Waals surface area contributed by atoms with E-state index in [-0.39, 0.29) is 11.3 Å². The van der Waals surface area contributed by atoms with Crippen LogP contribution in [0.1, 0.15) is 19.3 Å². The summed E-state index contributed by atoms with van der Waals surface area (Å²) in [6, 6.07) is -1.81. The SMILES string of the molecule is CN1[C@@H](CCCC(=O)O)C(=O)OC1(C(F)(F)F)C(F)(F)F. The number of alkyl halides is 6. The average Bonchev–Trinajstić information content (AvgIpc) is 2.51. The van der Waals surface area contributed by atoms with Gasteiger partial charge in [-0.3, -0.25) is 9.59 Å². The van der Waals surface area contributed by atoms with Crippen molar-refractivity contribution in [2.45, 2.75) is 43.4 Å². The Hall–Kier alpha value is -1.52. The predicted octanol–water partition coefficient (Wildman–Crippen LogP) is 1.92. The lowest BCUT2D eigenvalue weighted by molar-refractivity contribution is -0.398. The number of hydrogen-bond acceptors (Lipinski definition) is 4. The fraction of sp³-hybridized carbons (Fsp3) is 0.800. The van der Waals surface area contributed by atoms with E-state index in [1.54, 1.807) is 0 Å². The standard InChI is InChI=1S/C10H11F6NO4/c1-17-5(3-2-4-6(18)19)7(20)21-8(17,9(11,12)13)10(14,15)16/h5H,2-4H2,1H3,(H,18,19)/t5-/m0/s1. The predicted molar refractivity (Wildman–Crippen MR) is 54.0 cm³/mol. The first-order valence-corrected chi connectivity index (χ1v) is 5.65. The van der Waals surface area contributed by atoms with E-state index < -0.39 is 48.9 Å². The second-order valence-electron chi connectivity index (χ2n) is 4.47. The lowest BCUT2D eigenvalue weighted by Crippen LogP contribution is -2.65. The number of likely N-dealkylation sites (N-methyl/N-ethyl adjacent to an activating group) is 1. The smallest absolute Gasteiger partial charge is 0.453 e. The normalized spacial score (nSPS) is 23.2. The van der Waals surface area contributed by atoms with Gasteiger partial charge in [0.15, 0.2) is 0 Å². The third kappa shape index (κ3) is 2.92. The first-order chi connectivity index (χ1) is 9.34. The maximum atomic E-state index is 12.8.